The van der Waals surface area contributed by atoms with Crippen molar-refractivity contribution in [3.63, 3.8) is 0 Å². The fraction of sp³-hybridized carbons (Fsp3) is 0.111. The lowest BCUT2D eigenvalue weighted by molar-refractivity contribution is -0.384. The minimum absolute atomic E-state index is 0.0353. The van der Waals surface area contributed by atoms with Gasteiger partial charge in [0.25, 0.3) is 11.6 Å². The Bertz CT molecular complexity index is 985. The van der Waals surface area contributed by atoms with Gasteiger partial charge in [0.1, 0.15) is 11.4 Å². The number of nitro groups is 1. The SMILES string of the molecule is Cc1cc([N+](=O)[O-])ccc1NC(=O)c1ccnn1COc1ccc(Cl)cc1. The quantitative estimate of drug-likeness (QED) is 0.509. The van der Waals surface area contributed by atoms with Crippen LogP contribution in [0.3, 0.4) is 0 Å². The molecule has 3 aromatic rings. The van der Waals surface area contributed by atoms with Gasteiger partial charge in [0.15, 0.2) is 6.73 Å². The Balaban J connectivity index is 1.70. The van der Waals surface area contributed by atoms with Crippen molar-refractivity contribution in [1.82, 2.24) is 9.78 Å². The minimum Gasteiger partial charge on any atom is -0.471 e. The Labute approximate surface area is 159 Å². The Morgan fingerprint density at radius 3 is 2.67 bits per heavy atom. The summed E-state index contributed by atoms with van der Waals surface area (Å²) in [6.07, 6.45) is 1.49. The molecule has 0 saturated heterocycles. The van der Waals surface area contributed by atoms with Gasteiger partial charge in [-0.2, -0.15) is 5.10 Å². The number of non-ortho nitro benzene ring substituents is 1. The third kappa shape index (κ3) is 4.42. The average molecular weight is 387 g/mol. The zero-order chi connectivity index (χ0) is 19.4. The number of carbonyl (C=O) groups is 1. The van der Waals surface area contributed by atoms with Crippen molar-refractivity contribution in [1.29, 1.82) is 0 Å². The first-order valence-electron chi connectivity index (χ1n) is 7.90. The molecule has 0 aliphatic rings. The molecule has 0 atom stereocenters. The Hall–Kier alpha value is -3.39. The predicted molar refractivity (Wildman–Crippen MR) is 100 cm³/mol. The van der Waals surface area contributed by atoms with Crippen molar-refractivity contribution in [3.8, 4) is 5.75 Å². The van der Waals surface area contributed by atoms with Gasteiger partial charge in [-0.25, -0.2) is 4.68 Å². The van der Waals surface area contributed by atoms with E-state index in [2.05, 4.69) is 10.4 Å². The maximum absolute atomic E-state index is 12.5. The number of rotatable bonds is 6. The molecule has 9 heteroatoms. The van der Waals surface area contributed by atoms with Crippen molar-refractivity contribution >= 4 is 28.9 Å². The van der Waals surface area contributed by atoms with Crippen molar-refractivity contribution in [2.24, 2.45) is 0 Å². The van der Waals surface area contributed by atoms with Crippen LogP contribution in [0.1, 0.15) is 16.1 Å². The largest absolute Gasteiger partial charge is 0.471 e. The number of amides is 1. The average Bonchev–Trinajstić information content (AvgIpc) is 3.11. The second kappa shape index (κ2) is 7.88. The topological polar surface area (TPSA) is 99.3 Å². The first-order chi connectivity index (χ1) is 12.9. The molecule has 27 heavy (non-hydrogen) atoms. The number of carbonyl (C=O) groups excluding carboxylic acids is 1. The molecule has 0 saturated carbocycles. The molecule has 1 aromatic heterocycles. The minimum atomic E-state index is -0.484. The van der Waals surface area contributed by atoms with Crippen molar-refractivity contribution in [2.45, 2.75) is 13.7 Å². The highest BCUT2D eigenvalue weighted by atomic mass is 35.5. The summed E-state index contributed by atoms with van der Waals surface area (Å²) < 4.78 is 7.01. The van der Waals surface area contributed by atoms with E-state index in [9.17, 15) is 14.9 Å². The number of nitrogens with one attached hydrogen (secondary N) is 1. The van der Waals surface area contributed by atoms with Gasteiger partial charge in [0, 0.05) is 29.0 Å². The lowest BCUT2D eigenvalue weighted by Gasteiger charge is -2.11. The molecule has 1 N–H and O–H groups in total. The molecule has 8 nitrogen and oxygen atoms in total. The van der Waals surface area contributed by atoms with E-state index in [0.717, 1.165) is 0 Å². The summed E-state index contributed by atoms with van der Waals surface area (Å²) in [6, 6.07) is 12.6. The number of aromatic nitrogens is 2. The number of nitrogens with zero attached hydrogens (tertiary/aromatic N) is 3. The zero-order valence-electron chi connectivity index (χ0n) is 14.3. The third-order valence-electron chi connectivity index (χ3n) is 3.79. The summed E-state index contributed by atoms with van der Waals surface area (Å²) in [5, 5.41) is 18.2. The van der Waals surface area contributed by atoms with E-state index in [1.54, 1.807) is 37.3 Å². The molecular formula is C18H15ClN4O4. The maximum Gasteiger partial charge on any atom is 0.274 e. The van der Waals surface area contributed by atoms with E-state index in [1.807, 2.05) is 0 Å². The second-order valence-electron chi connectivity index (χ2n) is 5.65. The number of nitro benzene ring substituents is 1. The summed E-state index contributed by atoms with van der Waals surface area (Å²) >= 11 is 5.83. The molecule has 1 heterocycles. The number of ether oxygens (including phenoxy) is 1. The molecule has 2 aromatic carbocycles. The smallest absolute Gasteiger partial charge is 0.274 e. The second-order valence-corrected chi connectivity index (χ2v) is 6.09. The number of anilines is 1. The van der Waals surface area contributed by atoms with E-state index < -0.39 is 10.8 Å². The van der Waals surface area contributed by atoms with Gasteiger partial charge in [0.05, 0.1) is 4.92 Å². The molecule has 0 aliphatic carbocycles. The highest BCUT2D eigenvalue weighted by Crippen LogP contribution is 2.22. The van der Waals surface area contributed by atoms with E-state index in [1.165, 1.54) is 29.1 Å². The molecule has 0 spiro atoms. The molecular weight excluding hydrogens is 372 g/mol. The number of benzene rings is 2. The molecule has 0 fully saturated rings. The van der Waals surface area contributed by atoms with E-state index in [0.29, 0.717) is 27.7 Å². The molecule has 0 bridgehead atoms. The van der Waals surface area contributed by atoms with Gasteiger partial charge < -0.3 is 10.1 Å². The van der Waals surface area contributed by atoms with Crippen LogP contribution in [0, 0.1) is 17.0 Å². The summed E-state index contributed by atoms with van der Waals surface area (Å²) in [5.74, 6) is 0.191. The lowest BCUT2D eigenvalue weighted by Crippen LogP contribution is -2.20. The highest BCUT2D eigenvalue weighted by molar-refractivity contribution is 6.30. The monoisotopic (exact) mass is 386 g/mol. The van der Waals surface area contributed by atoms with E-state index in [-0.39, 0.29) is 12.4 Å². The van der Waals surface area contributed by atoms with Crippen LogP contribution in [-0.4, -0.2) is 20.6 Å². The van der Waals surface area contributed by atoms with Gasteiger partial charge in [-0.1, -0.05) is 11.6 Å². The van der Waals surface area contributed by atoms with Crippen molar-refractivity contribution in [2.75, 3.05) is 5.32 Å². The fourth-order valence-corrected chi connectivity index (χ4v) is 2.51. The van der Waals surface area contributed by atoms with Crippen LogP contribution in [0.15, 0.2) is 54.7 Å². The standard InChI is InChI=1S/C18H15ClN4O4/c1-12-10-14(23(25)26)4-7-16(12)21-18(24)17-8-9-20-22(17)11-27-15-5-2-13(19)3-6-15/h2-10H,11H2,1H3,(H,21,24). The molecule has 3 rings (SSSR count). The van der Waals surface area contributed by atoms with Crippen molar-refractivity contribution in [3.05, 3.63) is 81.1 Å². The predicted octanol–water partition coefficient (Wildman–Crippen LogP) is 4.04. The number of aryl methyl sites for hydroxylation is 1. The number of halogens is 1. The Morgan fingerprint density at radius 1 is 1.26 bits per heavy atom. The third-order valence-corrected chi connectivity index (χ3v) is 4.04. The molecule has 0 aliphatic heterocycles. The first kappa shape index (κ1) is 18.4. The van der Waals surface area contributed by atoms with Gasteiger partial charge in [0.2, 0.25) is 0 Å². The molecule has 138 valence electrons. The first-order valence-corrected chi connectivity index (χ1v) is 8.28. The number of hydrogen-bond donors (Lipinski definition) is 1. The van der Waals surface area contributed by atoms with E-state index >= 15 is 0 Å². The zero-order valence-corrected chi connectivity index (χ0v) is 15.0. The summed E-state index contributed by atoms with van der Waals surface area (Å²) in [5.41, 5.74) is 1.33. The molecule has 0 unspecified atom stereocenters. The van der Waals surface area contributed by atoms with Crippen LogP contribution >= 0.6 is 11.6 Å². The fourth-order valence-electron chi connectivity index (χ4n) is 2.38. The lowest BCUT2D eigenvalue weighted by atomic mass is 10.1. The van der Waals surface area contributed by atoms with Gasteiger partial charge in [-0.05, 0) is 48.9 Å². The van der Waals surface area contributed by atoms with Crippen molar-refractivity contribution < 1.29 is 14.5 Å². The summed E-state index contributed by atoms with van der Waals surface area (Å²) in [4.78, 5) is 22.9. The van der Waals surface area contributed by atoms with Crippen LogP contribution in [-0.2, 0) is 6.73 Å². The van der Waals surface area contributed by atoms with E-state index in [4.69, 9.17) is 16.3 Å². The summed E-state index contributed by atoms with van der Waals surface area (Å²) in [6.45, 7) is 1.72. The van der Waals surface area contributed by atoms with Crippen LogP contribution in [0.5, 0.6) is 5.75 Å². The Kier molecular flexibility index (Phi) is 5.37. The number of hydrogen-bond acceptors (Lipinski definition) is 5. The van der Waals surface area contributed by atoms with Crippen LogP contribution < -0.4 is 10.1 Å². The maximum atomic E-state index is 12.5. The van der Waals surface area contributed by atoms with Crippen LogP contribution in [0.4, 0.5) is 11.4 Å². The van der Waals surface area contributed by atoms with Gasteiger partial charge in [-0.3, -0.25) is 14.9 Å². The normalized spacial score (nSPS) is 10.4. The highest BCUT2D eigenvalue weighted by Gasteiger charge is 2.15. The summed E-state index contributed by atoms with van der Waals surface area (Å²) in [7, 11) is 0. The van der Waals surface area contributed by atoms with Crippen LogP contribution in [0.2, 0.25) is 5.02 Å². The Morgan fingerprint density at radius 2 is 2.00 bits per heavy atom. The van der Waals surface area contributed by atoms with Crippen LogP contribution in [0.25, 0.3) is 0 Å². The molecule has 0 radical (unpaired) electrons. The van der Waals surface area contributed by atoms with Gasteiger partial charge in [-0.15, -0.1) is 0 Å². The molecule has 1 amide bonds. The van der Waals surface area contributed by atoms with Gasteiger partial charge >= 0.3 is 0 Å².